The summed E-state index contributed by atoms with van der Waals surface area (Å²) >= 11 is 0. The standard InChI is InChI=1S/C17H28N2O2/c1-12(2)14(10-13-6-4-3-5-7-13)11-15(18)16(20)8-9-17(19)21/h3-7,12,14-16,20H,8-11,18H2,1-2H3,(H2,19,21). The maximum Gasteiger partial charge on any atom is 0.217 e. The first-order valence-corrected chi connectivity index (χ1v) is 7.66. The monoisotopic (exact) mass is 292 g/mol. The Bertz CT molecular complexity index is 420. The number of rotatable bonds is 9. The van der Waals surface area contributed by atoms with E-state index in [9.17, 15) is 9.90 Å². The SMILES string of the molecule is CC(C)C(Cc1ccccc1)CC(N)C(O)CCC(N)=O. The van der Waals surface area contributed by atoms with E-state index in [-0.39, 0.29) is 12.5 Å². The largest absolute Gasteiger partial charge is 0.391 e. The van der Waals surface area contributed by atoms with Gasteiger partial charge in [0.2, 0.25) is 5.91 Å². The van der Waals surface area contributed by atoms with Crippen LogP contribution in [0.3, 0.4) is 0 Å². The van der Waals surface area contributed by atoms with Crippen LogP contribution in [-0.4, -0.2) is 23.2 Å². The maximum absolute atomic E-state index is 10.8. The van der Waals surface area contributed by atoms with E-state index in [1.807, 2.05) is 18.2 Å². The topological polar surface area (TPSA) is 89.3 Å². The Morgan fingerprint density at radius 3 is 2.38 bits per heavy atom. The highest BCUT2D eigenvalue weighted by molar-refractivity contribution is 5.73. The lowest BCUT2D eigenvalue weighted by Gasteiger charge is -2.27. The Labute approximate surface area is 127 Å². The number of primary amides is 1. The first-order chi connectivity index (χ1) is 9.90. The fourth-order valence-electron chi connectivity index (χ4n) is 2.52. The van der Waals surface area contributed by atoms with E-state index in [0.29, 0.717) is 18.3 Å². The minimum atomic E-state index is -0.672. The third kappa shape index (κ3) is 6.74. The summed E-state index contributed by atoms with van der Waals surface area (Å²) < 4.78 is 0. The molecule has 0 saturated heterocycles. The molecule has 118 valence electrons. The molecule has 0 aliphatic heterocycles. The summed E-state index contributed by atoms with van der Waals surface area (Å²) in [4.78, 5) is 10.8. The van der Waals surface area contributed by atoms with E-state index < -0.39 is 12.0 Å². The number of carbonyl (C=O) groups is 1. The van der Waals surface area contributed by atoms with Crippen molar-refractivity contribution in [3.63, 3.8) is 0 Å². The van der Waals surface area contributed by atoms with Crippen LogP contribution in [0.15, 0.2) is 30.3 Å². The second kappa shape index (κ2) is 8.80. The van der Waals surface area contributed by atoms with Crippen molar-refractivity contribution in [1.82, 2.24) is 0 Å². The van der Waals surface area contributed by atoms with Gasteiger partial charge in [-0.15, -0.1) is 0 Å². The van der Waals surface area contributed by atoms with Crippen LogP contribution in [0.1, 0.15) is 38.7 Å². The number of hydrogen-bond acceptors (Lipinski definition) is 3. The number of aliphatic hydroxyl groups is 1. The van der Waals surface area contributed by atoms with Crippen LogP contribution in [0.25, 0.3) is 0 Å². The first-order valence-electron chi connectivity index (χ1n) is 7.66. The van der Waals surface area contributed by atoms with Crippen LogP contribution >= 0.6 is 0 Å². The predicted molar refractivity (Wildman–Crippen MR) is 85.5 cm³/mol. The van der Waals surface area contributed by atoms with Gasteiger partial charge in [0.1, 0.15) is 0 Å². The fraction of sp³-hybridized carbons (Fsp3) is 0.588. The highest BCUT2D eigenvalue weighted by atomic mass is 16.3. The van der Waals surface area contributed by atoms with Crippen LogP contribution in [0, 0.1) is 11.8 Å². The second-order valence-electron chi connectivity index (χ2n) is 6.17. The van der Waals surface area contributed by atoms with Gasteiger partial charge in [-0.3, -0.25) is 4.79 Å². The van der Waals surface area contributed by atoms with Gasteiger partial charge in [0.15, 0.2) is 0 Å². The molecule has 0 aliphatic carbocycles. The summed E-state index contributed by atoms with van der Waals surface area (Å²) in [6, 6.07) is 9.99. The summed E-state index contributed by atoms with van der Waals surface area (Å²) in [5.74, 6) is 0.496. The predicted octanol–water partition coefficient (Wildman–Crippen LogP) is 1.85. The van der Waals surface area contributed by atoms with E-state index in [1.165, 1.54) is 5.56 Å². The van der Waals surface area contributed by atoms with Crippen molar-refractivity contribution in [2.45, 2.75) is 51.7 Å². The molecule has 5 N–H and O–H groups in total. The molecule has 21 heavy (non-hydrogen) atoms. The maximum atomic E-state index is 10.8. The lowest BCUT2D eigenvalue weighted by Crippen LogP contribution is -2.38. The van der Waals surface area contributed by atoms with Crippen LogP contribution in [0.4, 0.5) is 0 Å². The van der Waals surface area contributed by atoms with Gasteiger partial charge in [0.25, 0.3) is 0 Å². The number of aliphatic hydroxyl groups excluding tert-OH is 1. The summed E-state index contributed by atoms with van der Waals surface area (Å²) in [5.41, 5.74) is 12.5. The van der Waals surface area contributed by atoms with Crippen molar-refractivity contribution in [2.24, 2.45) is 23.3 Å². The molecule has 0 aliphatic rings. The van der Waals surface area contributed by atoms with Crippen LogP contribution < -0.4 is 11.5 Å². The van der Waals surface area contributed by atoms with E-state index in [4.69, 9.17) is 11.5 Å². The third-order valence-corrected chi connectivity index (χ3v) is 4.04. The van der Waals surface area contributed by atoms with Gasteiger partial charge in [0.05, 0.1) is 6.10 Å². The summed E-state index contributed by atoms with van der Waals surface area (Å²) in [6.07, 6.45) is 1.54. The lowest BCUT2D eigenvalue weighted by atomic mass is 9.83. The first kappa shape index (κ1) is 17.7. The molecule has 4 heteroatoms. The molecule has 1 aromatic carbocycles. The van der Waals surface area contributed by atoms with Crippen LogP contribution in [-0.2, 0) is 11.2 Å². The molecule has 0 radical (unpaired) electrons. The number of amides is 1. The summed E-state index contributed by atoms with van der Waals surface area (Å²) in [7, 11) is 0. The highest BCUT2D eigenvalue weighted by Crippen LogP contribution is 2.23. The fourth-order valence-corrected chi connectivity index (χ4v) is 2.52. The molecular formula is C17H28N2O2. The van der Waals surface area contributed by atoms with Crippen LogP contribution in [0.2, 0.25) is 0 Å². The molecule has 0 bridgehead atoms. The molecule has 0 fully saturated rings. The van der Waals surface area contributed by atoms with Crippen molar-refractivity contribution in [1.29, 1.82) is 0 Å². The zero-order chi connectivity index (χ0) is 15.8. The van der Waals surface area contributed by atoms with Gasteiger partial charge in [0, 0.05) is 12.5 Å². The molecule has 1 amide bonds. The van der Waals surface area contributed by atoms with Crippen molar-refractivity contribution < 1.29 is 9.90 Å². The zero-order valence-electron chi connectivity index (χ0n) is 13.0. The highest BCUT2D eigenvalue weighted by Gasteiger charge is 2.22. The number of benzene rings is 1. The third-order valence-electron chi connectivity index (χ3n) is 4.04. The number of hydrogen-bond donors (Lipinski definition) is 3. The quantitative estimate of drug-likeness (QED) is 0.649. The van der Waals surface area contributed by atoms with Gasteiger partial charge in [-0.25, -0.2) is 0 Å². The van der Waals surface area contributed by atoms with Gasteiger partial charge >= 0.3 is 0 Å². The molecule has 0 aromatic heterocycles. The average molecular weight is 292 g/mol. The molecule has 0 saturated carbocycles. The van der Waals surface area contributed by atoms with E-state index in [0.717, 1.165) is 12.8 Å². The molecule has 1 rings (SSSR count). The minimum absolute atomic E-state index is 0.180. The van der Waals surface area contributed by atoms with Crippen molar-refractivity contribution in [3.8, 4) is 0 Å². The average Bonchev–Trinajstić information content (AvgIpc) is 2.44. The van der Waals surface area contributed by atoms with Gasteiger partial charge < -0.3 is 16.6 Å². The molecule has 4 nitrogen and oxygen atoms in total. The van der Waals surface area contributed by atoms with Gasteiger partial charge in [-0.1, -0.05) is 44.2 Å². The Kier molecular flexibility index (Phi) is 7.40. The Morgan fingerprint density at radius 1 is 1.24 bits per heavy atom. The number of nitrogens with two attached hydrogens (primary N) is 2. The second-order valence-corrected chi connectivity index (χ2v) is 6.17. The van der Waals surface area contributed by atoms with E-state index >= 15 is 0 Å². The normalized spacial score (nSPS) is 15.7. The molecular weight excluding hydrogens is 264 g/mol. The van der Waals surface area contributed by atoms with Gasteiger partial charge in [-0.2, -0.15) is 0 Å². The number of carbonyl (C=O) groups excluding carboxylic acids is 1. The van der Waals surface area contributed by atoms with Gasteiger partial charge in [-0.05, 0) is 36.7 Å². The zero-order valence-corrected chi connectivity index (χ0v) is 13.0. The van der Waals surface area contributed by atoms with E-state index in [1.54, 1.807) is 0 Å². The van der Waals surface area contributed by atoms with Crippen molar-refractivity contribution >= 4 is 5.91 Å². The summed E-state index contributed by atoms with van der Waals surface area (Å²) in [5, 5.41) is 10.0. The smallest absolute Gasteiger partial charge is 0.217 e. The molecule has 0 spiro atoms. The Balaban J connectivity index is 2.55. The molecule has 3 atom stereocenters. The Hall–Kier alpha value is -1.39. The lowest BCUT2D eigenvalue weighted by molar-refractivity contribution is -0.118. The Morgan fingerprint density at radius 2 is 1.86 bits per heavy atom. The van der Waals surface area contributed by atoms with E-state index in [2.05, 4.69) is 26.0 Å². The van der Waals surface area contributed by atoms with Crippen molar-refractivity contribution in [3.05, 3.63) is 35.9 Å². The molecule has 0 heterocycles. The molecule has 1 aromatic rings. The molecule has 3 unspecified atom stereocenters. The van der Waals surface area contributed by atoms with Crippen LogP contribution in [0.5, 0.6) is 0 Å². The van der Waals surface area contributed by atoms with Crippen molar-refractivity contribution in [2.75, 3.05) is 0 Å². The minimum Gasteiger partial charge on any atom is -0.391 e. The summed E-state index contributed by atoms with van der Waals surface area (Å²) in [6.45, 7) is 4.35.